The smallest absolute Gasteiger partial charge is 0.241 e. The Balaban J connectivity index is 1.87. The summed E-state index contributed by atoms with van der Waals surface area (Å²) in [6.45, 7) is 7.16. The first-order chi connectivity index (χ1) is 10.1. The van der Waals surface area contributed by atoms with Gasteiger partial charge < -0.3 is 9.64 Å². The number of hydrogen-bond donors (Lipinski definition) is 1. The van der Waals surface area contributed by atoms with Crippen LogP contribution in [0.3, 0.4) is 0 Å². The predicted octanol–water partition coefficient (Wildman–Crippen LogP) is 2.77. The van der Waals surface area contributed by atoms with Crippen molar-refractivity contribution in [1.82, 2.24) is 10.2 Å². The second kappa shape index (κ2) is 6.07. The summed E-state index contributed by atoms with van der Waals surface area (Å²) in [5, 5.41) is 5.63. The highest BCUT2D eigenvalue weighted by atomic mass is 32.1. The van der Waals surface area contributed by atoms with Crippen molar-refractivity contribution in [2.24, 2.45) is 5.92 Å². The standard InChI is InChI=1S/C16H24N2O2S/c1-10(2)9-12-16(19)18(13-6-7-20-11(13)3)15(17-12)14-5-4-8-21-14/h4-5,8,10-13,15,17H,6-7,9H2,1-3H3. The summed E-state index contributed by atoms with van der Waals surface area (Å²) < 4.78 is 5.69. The van der Waals surface area contributed by atoms with E-state index in [2.05, 4.69) is 48.5 Å². The highest BCUT2D eigenvalue weighted by Crippen LogP contribution is 2.35. The van der Waals surface area contributed by atoms with Crippen LogP contribution in [0.5, 0.6) is 0 Å². The number of ether oxygens (including phenoxy) is 1. The maximum atomic E-state index is 12.9. The van der Waals surface area contributed by atoms with Gasteiger partial charge in [-0.25, -0.2) is 0 Å². The van der Waals surface area contributed by atoms with Gasteiger partial charge in [-0.1, -0.05) is 19.9 Å². The van der Waals surface area contributed by atoms with E-state index in [0.717, 1.165) is 19.4 Å². The van der Waals surface area contributed by atoms with Crippen molar-refractivity contribution in [1.29, 1.82) is 0 Å². The van der Waals surface area contributed by atoms with Crippen LogP contribution in [-0.4, -0.2) is 35.6 Å². The van der Waals surface area contributed by atoms with Gasteiger partial charge >= 0.3 is 0 Å². The Morgan fingerprint density at radius 2 is 2.33 bits per heavy atom. The number of nitrogens with zero attached hydrogens (tertiary/aromatic N) is 1. The summed E-state index contributed by atoms with van der Waals surface area (Å²) in [4.78, 5) is 16.2. The third-order valence-electron chi connectivity index (χ3n) is 4.40. The molecule has 1 amide bonds. The minimum absolute atomic E-state index is 0.00963. The molecule has 21 heavy (non-hydrogen) atoms. The van der Waals surface area contributed by atoms with E-state index in [0.29, 0.717) is 5.92 Å². The highest BCUT2D eigenvalue weighted by molar-refractivity contribution is 7.10. The Hall–Kier alpha value is -0.910. The first kappa shape index (κ1) is 15.0. The van der Waals surface area contributed by atoms with Crippen molar-refractivity contribution >= 4 is 17.2 Å². The van der Waals surface area contributed by atoms with Crippen LogP contribution in [0.25, 0.3) is 0 Å². The molecule has 4 atom stereocenters. The van der Waals surface area contributed by atoms with Crippen molar-refractivity contribution in [3.05, 3.63) is 22.4 Å². The number of amides is 1. The van der Waals surface area contributed by atoms with Crippen LogP contribution in [0, 0.1) is 5.92 Å². The van der Waals surface area contributed by atoms with Crippen LogP contribution in [0.2, 0.25) is 0 Å². The monoisotopic (exact) mass is 308 g/mol. The molecule has 116 valence electrons. The third-order valence-corrected chi connectivity index (χ3v) is 5.33. The van der Waals surface area contributed by atoms with Crippen LogP contribution >= 0.6 is 11.3 Å². The van der Waals surface area contributed by atoms with E-state index in [9.17, 15) is 4.79 Å². The van der Waals surface area contributed by atoms with Gasteiger partial charge in [0.2, 0.25) is 5.91 Å². The van der Waals surface area contributed by atoms with Gasteiger partial charge in [0.25, 0.3) is 0 Å². The minimum Gasteiger partial charge on any atom is -0.376 e. The lowest BCUT2D eigenvalue weighted by Crippen LogP contribution is -2.43. The zero-order valence-electron chi connectivity index (χ0n) is 12.9. The molecule has 0 bridgehead atoms. The van der Waals surface area contributed by atoms with Gasteiger partial charge in [-0.2, -0.15) is 0 Å². The number of carbonyl (C=O) groups is 1. The third kappa shape index (κ3) is 2.87. The maximum Gasteiger partial charge on any atom is 0.241 e. The molecule has 0 saturated carbocycles. The molecule has 0 spiro atoms. The molecule has 1 aromatic rings. The highest BCUT2D eigenvalue weighted by Gasteiger charge is 2.46. The van der Waals surface area contributed by atoms with Crippen LogP contribution in [0.15, 0.2) is 17.5 Å². The lowest BCUT2D eigenvalue weighted by molar-refractivity contribution is -0.133. The molecule has 0 aromatic carbocycles. The molecule has 1 aromatic heterocycles. The van der Waals surface area contributed by atoms with Crippen molar-refractivity contribution in [2.45, 2.75) is 58.0 Å². The molecule has 2 aliphatic rings. The fourth-order valence-electron chi connectivity index (χ4n) is 3.40. The topological polar surface area (TPSA) is 41.6 Å². The zero-order chi connectivity index (χ0) is 15.0. The molecular formula is C16H24N2O2S. The molecule has 0 aliphatic carbocycles. The average molecular weight is 308 g/mol. The molecule has 4 unspecified atom stereocenters. The van der Waals surface area contributed by atoms with E-state index in [4.69, 9.17) is 4.74 Å². The molecule has 4 nitrogen and oxygen atoms in total. The molecular weight excluding hydrogens is 284 g/mol. The summed E-state index contributed by atoms with van der Waals surface area (Å²) in [7, 11) is 0. The van der Waals surface area contributed by atoms with Crippen molar-refractivity contribution in [2.75, 3.05) is 6.61 Å². The van der Waals surface area contributed by atoms with Crippen molar-refractivity contribution in [3.8, 4) is 0 Å². The summed E-state index contributed by atoms with van der Waals surface area (Å²) in [5.74, 6) is 0.747. The number of rotatable bonds is 4. The molecule has 3 rings (SSSR count). The Morgan fingerprint density at radius 1 is 1.52 bits per heavy atom. The van der Waals surface area contributed by atoms with E-state index in [1.54, 1.807) is 11.3 Å². The van der Waals surface area contributed by atoms with Gasteiger partial charge in [-0.3, -0.25) is 10.1 Å². The van der Waals surface area contributed by atoms with Gasteiger partial charge in [0.1, 0.15) is 6.17 Å². The maximum absolute atomic E-state index is 12.9. The predicted molar refractivity (Wildman–Crippen MR) is 84.1 cm³/mol. The Bertz CT molecular complexity index is 488. The van der Waals surface area contributed by atoms with Gasteiger partial charge in [-0.15, -0.1) is 11.3 Å². The number of carbonyl (C=O) groups excluding carboxylic acids is 1. The van der Waals surface area contributed by atoms with Crippen LogP contribution in [0.4, 0.5) is 0 Å². The van der Waals surface area contributed by atoms with Gasteiger partial charge in [0.05, 0.1) is 18.2 Å². The molecule has 0 radical (unpaired) electrons. The molecule has 5 heteroatoms. The molecule has 2 aliphatic heterocycles. The Kier molecular flexibility index (Phi) is 4.33. The first-order valence-corrected chi connectivity index (χ1v) is 8.69. The summed E-state index contributed by atoms with van der Waals surface area (Å²) >= 11 is 1.71. The second-order valence-corrected chi connectivity index (χ2v) is 7.42. The van der Waals surface area contributed by atoms with E-state index in [1.165, 1.54) is 4.88 Å². The normalized spacial score (nSPS) is 33.3. The van der Waals surface area contributed by atoms with Gasteiger partial charge in [0, 0.05) is 11.5 Å². The fraction of sp³-hybridized carbons (Fsp3) is 0.688. The molecule has 2 saturated heterocycles. The molecule has 1 N–H and O–H groups in total. The number of thiophene rings is 1. The summed E-state index contributed by atoms with van der Waals surface area (Å²) in [6, 6.07) is 4.29. The Labute approximate surface area is 130 Å². The average Bonchev–Trinajstić information content (AvgIpc) is 3.12. The second-order valence-electron chi connectivity index (χ2n) is 6.44. The summed E-state index contributed by atoms with van der Waals surface area (Å²) in [5.41, 5.74) is 0. The van der Waals surface area contributed by atoms with Gasteiger partial charge in [0.15, 0.2) is 0 Å². The van der Waals surface area contributed by atoms with Crippen LogP contribution < -0.4 is 5.32 Å². The van der Waals surface area contributed by atoms with E-state index in [1.807, 2.05) is 0 Å². The molecule has 2 fully saturated rings. The first-order valence-electron chi connectivity index (χ1n) is 7.81. The lowest BCUT2D eigenvalue weighted by Gasteiger charge is -2.31. The lowest BCUT2D eigenvalue weighted by atomic mass is 10.0. The number of hydrogen-bond acceptors (Lipinski definition) is 4. The zero-order valence-corrected chi connectivity index (χ0v) is 13.7. The number of nitrogens with one attached hydrogen (secondary N) is 1. The van der Waals surface area contributed by atoms with Gasteiger partial charge in [-0.05, 0) is 37.1 Å². The molecule has 3 heterocycles. The largest absolute Gasteiger partial charge is 0.376 e. The quantitative estimate of drug-likeness (QED) is 0.930. The SMILES string of the molecule is CC(C)CC1NC(c2cccs2)N(C2CCOC2C)C1=O. The Morgan fingerprint density at radius 3 is 2.90 bits per heavy atom. The van der Waals surface area contributed by atoms with E-state index < -0.39 is 0 Å². The van der Waals surface area contributed by atoms with Crippen molar-refractivity contribution in [3.63, 3.8) is 0 Å². The summed E-state index contributed by atoms with van der Waals surface area (Å²) in [6.07, 6.45) is 1.95. The minimum atomic E-state index is -0.0649. The fourth-order valence-corrected chi connectivity index (χ4v) is 4.18. The van der Waals surface area contributed by atoms with E-state index >= 15 is 0 Å². The van der Waals surface area contributed by atoms with Crippen LogP contribution in [-0.2, 0) is 9.53 Å². The van der Waals surface area contributed by atoms with Crippen LogP contribution in [0.1, 0.15) is 44.7 Å². The van der Waals surface area contributed by atoms with Crippen molar-refractivity contribution < 1.29 is 9.53 Å². The van der Waals surface area contributed by atoms with E-state index in [-0.39, 0.29) is 30.3 Å².